The van der Waals surface area contributed by atoms with E-state index in [1.807, 2.05) is 24.3 Å². The van der Waals surface area contributed by atoms with Gasteiger partial charge in [-0.1, -0.05) is 24.3 Å². The predicted octanol–water partition coefficient (Wildman–Crippen LogP) is 5.55. The molecule has 7 heteroatoms. The summed E-state index contributed by atoms with van der Waals surface area (Å²) in [4.78, 5) is 26.5. The standard InChI is InChI=1S/C28H28N4O3/c1-35-24-15-13-23(14-16-24)27(33)30-25-7-3-4-8-26(25)31-28(34)32(17-5-2-6-18-32)20-22-11-9-21(19-29)10-12-22/h3-4,7-16H,2,5-6,17-18,20H2,1H3,(H-,30,31,33,34)/p+1. The maximum absolute atomic E-state index is 13.7. The number of para-hydroxylation sites is 2. The van der Waals surface area contributed by atoms with Gasteiger partial charge in [-0.3, -0.25) is 10.1 Å². The number of likely N-dealkylation sites (tertiary alicyclic amines) is 1. The summed E-state index contributed by atoms with van der Waals surface area (Å²) in [6.45, 7) is 2.04. The van der Waals surface area contributed by atoms with E-state index >= 15 is 0 Å². The number of nitriles is 1. The number of anilines is 2. The first-order chi connectivity index (χ1) is 17.0. The average molecular weight is 470 g/mol. The van der Waals surface area contributed by atoms with Crippen molar-refractivity contribution < 1.29 is 18.8 Å². The van der Waals surface area contributed by atoms with Gasteiger partial charge in [-0.05, 0) is 67.8 Å². The van der Waals surface area contributed by atoms with Crippen molar-refractivity contribution in [3.05, 3.63) is 89.5 Å². The SMILES string of the molecule is COc1ccc(C(=O)Nc2ccccc2NC(=O)[N+]2(Cc3ccc(C#N)cc3)CCCCC2)cc1. The molecular formula is C28H29N4O3+. The van der Waals surface area contributed by atoms with Crippen molar-refractivity contribution in [2.45, 2.75) is 25.8 Å². The molecule has 3 aromatic rings. The van der Waals surface area contributed by atoms with Crippen molar-refractivity contribution in [2.24, 2.45) is 0 Å². The van der Waals surface area contributed by atoms with Crippen LogP contribution in [0, 0.1) is 11.3 Å². The Kier molecular flexibility index (Phi) is 7.44. The highest BCUT2D eigenvalue weighted by atomic mass is 16.5. The molecule has 1 saturated heterocycles. The highest BCUT2D eigenvalue weighted by molar-refractivity contribution is 6.06. The molecule has 1 aliphatic rings. The van der Waals surface area contributed by atoms with Gasteiger partial charge in [-0.15, -0.1) is 0 Å². The summed E-state index contributed by atoms with van der Waals surface area (Å²) in [7, 11) is 1.58. The van der Waals surface area contributed by atoms with Gasteiger partial charge in [0.05, 0.1) is 43.2 Å². The molecule has 3 amide bonds. The van der Waals surface area contributed by atoms with E-state index in [1.165, 1.54) is 0 Å². The Labute approximate surface area is 205 Å². The van der Waals surface area contributed by atoms with Gasteiger partial charge < -0.3 is 10.1 Å². The fourth-order valence-corrected chi connectivity index (χ4v) is 4.46. The van der Waals surface area contributed by atoms with Crippen LogP contribution in [0.15, 0.2) is 72.8 Å². The second-order valence-corrected chi connectivity index (χ2v) is 8.78. The van der Waals surface area contributed by atoms with Gasteiger partial charge in [0, 0.05) is 11.1 Å². The second kappa shape index (κ2) is 10.9. The minimum atomic E-state index is -0.270. The Morgan fingerprint density at radius 3 is 2.11 bits per heavy atom. The summed E-state index contributed by atoms with van der Waals surface area (Å²) < 4.78 is 5.44. The molecule has 2 N–H and O–H groups in total. The van der Waals surface area contributed by atoms with Crippen LogP contribution in [0.5, 0.6) is 5.75 Å². The molecule has 1 fully saturated rings. The lowest BCUT2D eigenvalue weighted by Crippen LogP contribution is -2.56. The van der Waals surface area contributed by atoms with Gasteiger partial charge in [0.25, 0.3) is 5.91 Å². The zero-order chi connectivity index (χ0) is 24.7. The second-order valence-electron chi connectivity index (χ2n) is 8.78. The van der Waals surface area contributed by atoms with Crippen molar-refractivity contribution >= 4 is 23.3 Å². The average Bonchev–Trinajstić information content (AvgIpc) is 2.90. The number of hydrogen-bond donors (Lipinski definition) is 2. The number of quaternary nitrogens is 1. The highest BCUT2D eigenvalue weighted by Gasteiger charge is 2.39. The van der Waals surface area contributed by atoms with Gasteiger partial charge in [0.15, 0.2) is 0 Å². The van der Waals surface area contributed by atoms with E-state index in [1.54, 1.807) is 55.6 Å². The molecule has 0 aromatic heterocycles. The van der Waals surface area contributed by atoms with Crippen LogP contribution in [-0.2, 0) is 6.54 Å². The van der Waals surface area contributed by atoms with Crippen LogP contribution < -0.4 is 15.4 Å². The lowest BCUT2D eigenvalue weighted by atomic mass is 10.0. The number of ether oxygens (including phenoxy) is 1. The van der Waals surface area contributed by atoms with Crippen LogP contribution in [0.3, 0.4) is 0 Å². The largest absolute Gasteiger partial charge is 0.497 e. The van der Waals surface area contributed by atoms with Gasteiger partial charge >= 0.3 is 6.03 Å². The number of amides is 3. The molecule has 0 aliphatic carbocycles. The fourth-order valence-electron chi connectivity index (χ4n) is 4.46. The van der Waals surface area contributed by atoms with Crippen molar-refractivity contribution in [2.75, 3.05) is 30.8 Å². The number of hydrogen-bond acceptors (Lipinski definition) is 4. The maximum Gasteiger partial charge on any atom is 0.421 e. The first-order valence-corrected chi connectivity index (χ1v) is 11.7. The maximum atomic E-state index is 13.7. The van der Waals surface area contributed by atoms with Crippen LogP contribution in [0.4, 0.5) is 16.2 Å². The number of carbonyl (C=O) groups excluding carboxylic acids is 2. The van der Waals surface area contributed by atoms with E-state index in [9.17, 15) is 9.59 Å². The minimum Gasteiger partial charge on any atom is -0.497 e. The third-order valence-corrected chi connectivity index (χ3v) is 6.44. The Hall–Kier alpha value is -4.15. The predicted molar refractivity (Wildman–Crippen MR) is 135 cm³/mol. The Morgan fingerprint density at radius 2 is 1.51 bits per heavy atom. The number of rotatable bonds is 6. The zero-order valence-corrected chi connectivity index (χ0v) is 19.8. The summed E-state index contributed by atoms with van der Waals surface area (Å²) >= 11 is 0. The molecule has 0 radical (unpaired) electrons. The number of methoxy groups -OCH3 is 1. The molecule has 1 aliphatic heterocycles. The van der Waals surface area contributed by atoms with E-state index in [0.29, 0.717) is 34.8 Å². The van der Waals surface area contributed by atoms with Crippen molar-refractivity contribution in [3.63, 3.8) is 0 Å². The van der Waals surface area contributed by atoms with Crippen LogP contribution in [0.1, 0.15) is 40.7 Å². The Morgan fingerprint density at radius 1 is 0.886 bits per heavy atom. The van der Waals surface area contributed by atoms with Gasteiger partial charge in [-0.25, -0.2) is 9.28 Å². The van der Waals surface area contributed by atoms with Gasteiger partial charge in [0.2, 0.25) is 0 Å². The van der Waals surface area contributed by atoms with Crippen molar-refractivity contribution in [1.82, 2.24) is 0 Å². The van der Waals surface area contributed by atoms with E-state index < -0.39 is 0 Å². The normalized spacial score (nSPS) is 14.4. The molecule has 4 rings (SSSR count). The highest BCUT2D eigenvalue weighted by Crippen LogP contribution is 2.28. The summed E-state index contributed by atoms with van der Waals surface area (Å²) in [6.07, 6.45) is 3.05. The summed E-state index contributed by atoms with van der Waals surface area (Å²) in [5, 5.41) is 15.1. The minimum absolute atomic E-state index is 0.0970. The topological polar surface area (TPSA) is 91.2 Å². The van der Waals surface area contributed by atoms with Gasteiger partial charge in [0.1, 0.15) is 12.3 Å². The molecule has 0 saturated carbocycles. The van der Waals surface area contributed by atoms with E-state index in [0.717, 1.165) is 37.9 Å². The number of carbonyl (C=O) groups is 2. The number of nitrogens with one attached hydrogen (secondary N) is 2. The molecule has 3 aromatic carbocycles. The number of piperidine rings is 1. The molecule has 7 nitrogen and oxygen atoms in total. The smallest absolute Gasteiger partial charge is 0.421 e. The first kappa shape index (κ1) is 24.0. The first-order valence-electron chi connectivity index (χ1n) is 11.7. The van der Waals surface area contributed by atoms with Crippen LogP contribution in [0.25, 0.3) is 0 Å². The summed E-state index contributed by atoms with van der Waals surface area (Å²) in [5.41, 5.74) is 3.21. The fraction of sp³-hybridized carbons (Fsp3) is 0.250. The molecule has 0 spiro atoms. The van der Waals surface area contributed by atoms with Crippen LogP contribution in [0.2, 0.25) is 0 Å². The summed E-state index contributed by atoms with van der Waals surface area (Å²) in [6, 6.07) is 23.5. The third-order valence-electron chi connectivity index (χ3n) is 6.44. The van der Waals surface area contributed by atoms with Crippen molar-refractivity contribution in [1.29, 1.82) is 5.26 Å². The van der Waals surface area contributed by atoms with E-state index in [2.05, 4.69) is 16.7 Å². The van der Waals surface area contributed by atoms with Crippen LogP contribution >= 0.6 is 0 Å². The molecule has 1 heterocycles. The Bertz CT molecular complexity index is 1220. The molecule has 178 valence electrons. The molecule has 0 atom stereocenters. The van der Waals surface area contributed by atoms with E-state index in [-0.39, 0.29) is 16.4 Å². The Balaban J connectivity index is 1.53. The number of benzene rings is 3. The third kappa shape index (κ3) is 5.68. The lowest BCUT2D eigenvalue weighted by Gasteiger charge is -2.38. The lowest BCUT2D eigenvalue weighted by molar-refractivity contribution is -0.866. The molecule has 0 unspecified atom stereocenters. The monoisotopic (exact) mass is 469 g/mol. The van der Waals surface area contributed by atoms with Crippen LogP contribution in [-0.4, -0.2) is 36.6 Å². The molecule has 35 heavy (non-hydrogen) atoms. The quantitative estimate of drug-likeness (QED) is 0.463. The van der Waals surface area contributed by atoms with Crippen molar-refractivity contribution in [3.8, 4) is 11.8 Å². The summed E-state index contributed by atoms with van der Waals surface area (Å²) in [5.74, 6) is 0.404. The van der Waals surface area contributed by atoms with E-state index in [4.69, 9.17) is 10.00 Å². The zero-order valence-electron chi connectivity index (χ0n) is 19.8. The van der Waals surface area contributed by atoms with Gasteiger partial charge in [-0.2, -0.15) is 5.26 Å². The number of nitrogens with zero attached hydrogens (tertiary/aromatic N) is 2. The molecular weight excluding hydrogens is 440 g/mol. The number of urea groups is 1. The molecule has 0 bridgehead atoms.